The molecule has 1 aromatic heterocycles. The first-order chi connectivity index (χ1) is 8.56. The molecule has 2 rings (SSSR count). The zero-order chi connectivity index (χ0) is 13.1. The van der Waals surface area contributed by atoms with E-state index in [2.05, 4.69) is 15.3 Å². The molecule has 0 saturated heterocycles. The summed E-state index contributed by atoms with van der Waals surface area (Å²) < 4.78 is 0. The molecule has 0 spiro atoms. The van der Waals surface area contributed by atoms with Crippen molar-refractivity contribution in [1.82, 2.24) is 9.97 Å². The summed E-state index contributed by atoms with van der Waals surface area (Å²) in [6, 6.07) is 9.13. The van der Waals surface area contributed by atoms with Crippen LogP contribution >= 0.6 is 11.6 Å². The summed E-state index contributed by atoms with van der Waals surface area (Å²) in [7, 11) is 0. The molecule has 0 saturated carbocycles. The molecule has 0 aliphatic rings. The van der Waals surface area contributed by atoms with Crippen LogP contribution in [0.15, 0.2) is 30.3 Å². The minimum atomic E-state index is -0.295. The lowest BCUT2D eigenvalue weighted by atomic mass is 10.2. The second kappa shape index (κ2) is 5.14. The van der Waals surface area contributed by atoms with E-state index in [1.165, 1.54) is 0 Å². The lowest BCUT2D eigenvalue weighted by Gasteiger charge is -2.07. The first-order valence-electron chi connectivity index (χ1n) is 5.44. The summed E-state index contributed by atoms with van der Waals surface area (Å²) in [5, 5.41) is 2.87. The van der Waals surface area contributed by atoms with Crippen molar-refractivity contribution in [3.8, 4) is 0 Å². The number of nitrogens with zero attached hydrogens (tertiary/aromatic N) is 2. The van der Waals surface area contributed by atoms with E-state index >= 15 is 0 Å². The lowest BCUT2D eigenvalue weighted by molar-refractivity contribution is 0.102. The molecule has 0 unspecified atom stereocenters. The van der Waals surface area contributed by atoms with Crippen LogP contribution in [0, 0.1) is 13.8 Å². The molecule has 4 nitrogen and oxygen atoms in total. The standard InChI is InChI=1S/C13H12ClN3O/c1-8-5-3-4-6-10(8)16-12(18)11-7-9(2)15-13(14)17-11/h3-7H,1-2H3,(H,16,18). The van der Waals surface area contributed by atoms with E-state index in [1.54, 1.807) is 13.0 Å². The number of aryl methyl sites for hydroxylation is 2. The highest BCUT2D eigenvalue weighted by Gasteiger charge is 2.10. The fourth-order valence-electron chi connectivity index (χ4n) is 1.55. The van der Waals surface area contributed by atoms with Gasteiger partial charge >= 0.3 is 0 Å². The van der Waals surface area contributed by atoms with Crippen LogP contribution in [-0.2, 0) is 0 Å². The minimum absolute atomic E-state index is 0.0740. The largest absolute Gasteiger partial charge is 0.320 e. The Labute approximate surface area is 110 Å². The molecule has 0 fully saturated rings. The van der Waals surface area contributed by atoms with Crippen molar-refractivity contribution in [2.24, 2.45) is 0 Å². The van der Waals surface area contributed by atoms with Crippen LogP contribution in [-0.4, -0.2) is 15.9 Å². The summed E-state index contributed by atoms with van der Waals surface area (Å²) in [5.74, 6) is -0.295. The van der Waals surface area contributed by atoms with Gasteiger partial charge in [0.1, 0.15) is 5.69 Å². The van der Waals surface area contributed by atoms with Gasteiger partial charge in [-0.2, -0.15) is 0 Å². The number of benzene rings is 1. The third kappa shape index (κ3) is 2.84. The Bertz CT molecular complexity index is 578. The lowest BCUT2D eigenvalue weighted by Crippen LogP contribution is -2.15. The summed E-state index contributed by atoms with van der Waals surface area (Å²) in [6.45, 7) is 3.69. The Morgan fingerprint density at radius 2 is 1.94 bits per heavy atom. The van der Waals surface area contributed by atoms with Gasteiger partial charge in [0.2, 0.25) is 5.28 Å². The monoisotopic (exact) mass is 261 g/mol. The number of carbonyl (C=O) groups excluding carboxylic acids is 1. The molecule has 5 heteroatoms. The molecule has 1 heterocycles. The zero-order valence-electron chi connectivity index (χ0n) is 10.1. The van der Waals surface area contributed by atoms with Gasteiger partial charge in [-0.15, -0.1) is 0 Å². The molecule has 92 valence electrons. The molecule has 1 amide bonds. The SMILES string of the molecule is Cc1cc(C(=O)Nc2ccccc2C)nc(Cl)n1. The summed E-state index contributed by atoms with van der Waals surface area (Å²) in [6.07, 6.45) is 0. The average molecular weight is 262 g/mol. The number of nitrogens with one attached hydrogen (secondary N) is 1. The predicted octanol–water partition coefficient (Wildman–Crippen LogP) is 3.00. The zero-order valence-corrected chi connectivity index (χ0v) is 10.8. The predicted molar refractivity (Wildman–Crippen MR) is 70.9 cm³/mol. The van der Waals surface area contributed by atoms with Crippen molar-refractivity contribution in [2.75, 3.05) is 5.32 Å². The number of hydrogen-bond donors (Lipinski definition) is 1. The van der Waals surface area contributed by atoms with Gasteiger partial charge < -0.3 is 5.32 Å². The van der Waals surface area contributed by atoms with E-state index in [4.69, 9.17) is 11.6 Å². The van der Waals surface area contributed by atoms with E-state index in [9.17, 15) is 4.79 Å². The van der Waals surface area contributed by atoms with Crippen molar-refractivity contribution in [1.29, 1.82) is 0 Å². The van der Waals surface area contributed by atoms with Crippen molar-refractivity contribution in [2.45, 2.75) is 13.8 Å². The highest BCUT2D eigenvalue weighted by molar-refractivity contribution is 6.28. The third-order valence-electron chi connectivity index (χ3n) is 2.45. The summed E-state index contributed by atoms with van der Waals surface area (Å²) in [5.41, 5.74) is 2.67. The molecule has 0 aliphatic carbocycles. The Balaban J connectivity index is 2.25. The molecular weight excluding hydrogens is 250 g/mol. The van der Waals surface area contributed by atoms with Crippen molar-refractivity contribution in [3.05, 3.63) is 52.6 Å². The summed E-state index contributed by atoms with van der Waals surface area (Å²) >= 11 is 5.73. The van der Waals surface area contributed by atoms with Crippen molar-refractivity contribution in [3.63, 3.8) is 0 Å². The maximum Gasteiger partial charge on any atom is 0.274 e. The summed E-state index contributed by atoms with van der Waals surface area (Å²) in [4.78, 5) is 19.8. The minimum Gasteiger partial charge on any atom is -0.320 e. The fourth-order valence-corrected chi connectivity index (χ4v) is 1.77. The van der Waals surface area contributed by atoms with Gasteiger partial charge in [0, 0.05) is 11.4 Å². The quantitative estimate of drug-likeness (QED) is 0.846. The number of aromatic nitrogens is 2. The van der Waals surface area contributed by atoms with Gasteiger partial charge in [0.15, 0.2) is 0 Å². The molecule has 0 atom stereocenters. The number of amides is 1. The van der Waals surface area contributed by atoms with Crippen LogP contribution in [0.3, 0.4) is 0 Å². The normalized spacial score (nSPS) is 10.2. The van der Waals surface area contributed by atoms with Gasteiger partial charge in [-0.1, -0.05) is 18.2 Å². The van der Waals surface area contributed by atoms with Gasteiger partial charge in [0.25, 0.3) is 5.91 Å². The first-order valence-corrected chi connectivity index (χ1v) is 5.82. The van der Waals surface area contributed by atoms with Crippen LogP contribution in [0.2, 0.25) is 5.28 Å². The van der Waals surface area contributed by atoms with E-state index in [1.807, 2.05) is 31.2 Å². The van der Waals surface area contributed by atoms with Crippen LogP contribution in [0.5, 0.6) is 0 Å². The smallest absolute Gasteiger partial charge is 0.274 e. The first kappa shape index (κ1) is 12.5. The topological polar surface area (TPSA) is 54.9 Å². The fraction of sp³-hybridized carbons (Fsp3) is 0.154. The Morgan fingerprint density at radius 3 is 2.61 bits per heavy atom. The second-order valence-electron chi connectivity index (χ2n) is 3.93. The molecule has 0 aliphatic heterocycles. The number of para-hydroxylation sites is 1. The molecule has 0 radical (unpaired) electrons. The van der Waals surface area contributed by atoms with E-state index < -0.39 is 0 Å². The van der Waals surface area contributed by atoms with Gasteiger partial charge in [0.05, 0.1) is 0 Å². The number of rotatable bonds is 2. The molecular formula is C13H12ClN3O. The number of halogens is 1. The van der Waals surface area contributed by atoms with Gasteiger partial charge in [-0.3, -0.25) is 4.79 Å². The van der Waals surface area contributed by atoms with E-state index in [-0.39, 0.29) is 16.9 Å². The highest BCUT2D eigenvalue weighted by atomic mass is 35.5. The maximum absolute atomic E-state index is 12.0. The molecule has 1 aromatic carbocycles. The highest BCUT2D eigenvalue weighted by Crippen LogP contribution is 2.14. The Morgan fingerprint density at radius 1 is 1.22 bits per heavy atom. The number of hydrogen-bond acceptors (Lipinski definition) is 3. The Hall–Kier alpha value is -1.94. The number of anilines is 1. The maximum atomic E-state index is 12.0. The number of carbonyl (C=O) groups is 1. The van der Waals surface area contributed by atoms with Gasteiger partial charge in [-0.25, -0.2) is 9.97 Å². The molecule has 0 bridgehead atoms. The van der Waals surface area contributed by atoms with Crippen LogP contribution in [0.1, 0.15) is 21.7 Å². The third-order valence-corrected chi connectivity index (χ3v) is 2.62. The van der Waals surface area contributed by atoms with Crippen LogP contribution < -0.4 is 5.32 Å². The van der Waals surface area contributed by atoms with E-state index in [0.717, 1.165) is 11.3 Å². The second-order valence-corrected chi connectivity index (χ2v) is 4.27. The molecule has 18 heavy (non-hydrogen) atoms. The van der Waals surface area contributed by atoms with Crippen molar-refractivity contribution < 1.29 is 4.79 Å². The van der Waals surface area contributed by atoms with Gasteiger partial charge in [-0.05, 0) is 43.1 Å². The van der Waals surface area contributed by atoms with Crippen LogP contribution in [0.25, 0.3) is 0 Å². The molecule has 2 aromatic rings. The van der Waals surface area contributed by atoms with Crippen LogP contribution in [0.4, 0.5) is 5.69 Å². The molecule has 1 N–H and O–H groups in total. The van der Waals surface area contributed by atoms with E-state index in [0.29, 0.717) is 5.69 Å². The van der Waals surface area contributed by atoms with Crippen molar-refractivity contribution >= 4 is 23.2 Å². The Kier molecular flexibility index (Phi) is 3.58. The average Bonchev–Trinajstić information content (AvgIpc) is 2.31.